The Hall–Kier alpha value is -2.80. The van der Waals surface area contributed by atoms with Gasteiger partial charge in [-0.25, -0.2) is 9.78 Å². The van der Waals surface area contributed by atoms with Crippen molar-refractivity contribution >= 4 is 38.4 Å². The third kappa shape index (κ3) is 3.41. The van der Waals surface area contributed by atoms with E-state index in [0.717, 1.165) is 21.5 Å². The van der Waals surface area contributed by atoms with Gasteiger partial charge in [-0.2, -0.15) is 0 Å². The van der Waals surface area contributed by atoms with Crippen molar-refractivity contribution in [3.05, 3.63) is 42.0 Å². The summed E-state index contributed by atoms with van der Waals surface area (Å²) in [6.07, 6.45) is 0. The van der Waals surface area contributed by atoms with Gasteiger partial charge in [0.05, 0.1) is 30.1 Å². The molecular weight excluding hydrogens is 326 g/mol. The summed E-state index contributed by atoms with van der Waals surface area (Å²) < 4.78 is 11.4. The van der Waals surface area contributed by atoms with Crippen molar-refractivity contribution in [1.82, 2.24) is 4.98 Å². The molecule has 0 spiro atoms. The summed E-state index contributed by atoms with van der Waals surface area (Å²) in [5.74, 6) is 1.36. The zero-order valence-corrected chi connectivity index (χ0v) is 14.4. The predicted molar refractivity (Wildman–Crippen MR) is 96.5 cm³/mol. The van der Waals surface area contributed by atoms with Crippen LogP contribution in [0.1, 0.15) is 5.56 Å². The van der Waals surface area contributed by atoms with Crippen LogP contribution >= 0.6 is 11.3 Å². The Morgan fingerprint density at radius 2 is 1.92 bits per heavy atom. The van der Waals surface area contributed by atoms with Gasteiger partial charge in [-0.3, -0.25) is 5.32 Å². The summed E-state index contributed by atoms with van der Waals surface area (Å²) in [4.78, 5) is 16.6. The molecule has 0 unspecified atom stereocenters. The lowest BCUT2D eigenvalue weighted by molar-refractivity contribution is 0.262. The summed E-state index contributed by atoms with van der Waals surface area (Å²) in [5.41, 5.74) is 2.44. The van der Waals surface area contributed by atoms with Crippen molar-refractivity contribution in [3.8, 4) is 11.5 Å². The van der Waals surface area contributed by atoms with Gasteiger partial charge in [0.1, 0.15) is 11.5 Å². The molecule has 2 aromatic carbocycles. The molecule has 2 N–H and O–H groups in total. The van der Waals surface area contributed by atoms with Crippen LogP contribution in [0, 0.1) is 6.92 Å². The van der Waals surface area contributed by atoms with E-state index in [-0.39, 0.29) is 6.03 Å². The van der Waals surface area contributed by atoms with Gasteiger partial charge in [0, 0.05) is 0 Å². The maximum absolute atomic E-state index is 12.2. The zero-order chi connectivity index (χ0) is 17.1. The number of amides is 2. The van der Waals surface area contributed by atoms with Gasteiger partial charge in [-0.05, 0) is 42.8 Å². The molecule has 6 nitrogen and oxygen atoms in total. The molecule has 0 atom stereocenters. The highest BCUT2D eigenvalue weighted by atomic mass is 32.1. The first-order valence-electron chi connectivity index (χ1n) is 7.26. The van der Waals surface area contributed by atoms with Gasteiger partial charge < -0.3 is 14.8 Å². The summed E-state index contributed by atoms with van der Waals surface area (Å²) in [6.45, 7) is 1.95. The largest absolute Gasteiger partial charge is 0.497 e. The summed E-state index contributed by atoms with van der Waals surface area (Å²) in [6, 6.07) is 10.8. The second kappa shape index (κ2) is 6.76. The number of rotatable bonds is 4. The first-order valence-corrected chi connectivity index (χ1v) is 8.08. The number of methoxy groups -OCH3 is 2. The van der Waals surface area contributed by atoms with Crippen LogP contribution in [0.4, 0.5) is 15.6 Å². The fraction of sp³-hybridized carbons (Fsp3) is 0.176. The highest BCUT2D eigenvalue weighted by molar-refractivity contribution is 7.22. The molecule has 0 aliphatic heterocycles. The molecule has 0 fully saturated rings. The molecule has 1 heterocycles. The van der Waals surface area contributed by atoms with Crippen molar-refractivity contribution in [2.24, 2.45) is 0 Å². The topological polar surface area (TPSA) is 72.5 Å². The second-order valence-corrected chi connectivity index (χ2v) is 6.17. The highest BCUT2D eigenvalue weighted by Gasteiger charge is 2.11. The number of benzene rings is 2. The minimum atomic E-state index is -0.370. The molecule has 0 aliphatic rings. The van der Waals surface area contributed by atoms with Crippen LogP contribution in [0.25, 0.3) is 10.2 Å². The smallest absolute Gasteiger partial charge is 0.325 e. The Morgan fingerprint density at radius 1 is 1.08 bits per heavy atom. The SMILES string of the molecule is COc1ccc2nc(NC(=O)Nc3cc(C)ccc3OC)sc2c1. The van der Waals surface area contributed by atoms with E-state index in [1.165, 1.54) is 11.3 Å². The molecule has 2 amide bonds. The molecular formula is C17H17N3O3S. The lowest BCUT2D eigenvalue weighted by Gasteiger charge is -2.10. The van der Waals surface area contributed by atoms with Gasteiger partial charge in [0.15, 0.2) is 5.13 Å². The van der Waals surface area contributed by atoms with E-state index in [4.69, 9.17) is 9.47 Å². The quantitative estimate of drug-likeness (QED) is 0.742. The number of fused-ring (bicyclic) bond motifs is 1. The Labute approximate surface area is 143 Å². The monoisotopic (exact) mass is 343 g/mol. The van der Waals surface area contributed by atoms with Crippen LogP contribution in [-0.2, 0) is 0 Å². The van der Waals surface area contributed by atoms with Gasteiger partial charge >= 0.3 is 6.03 Å². The Kier molecular flexibility index (Phi) is 4.52. The van der Waals surface area contributed by atoms with Crippen LogP contribution in [0.5, 0.6) is 11.5 Å². The lowest BCUT2D eigenvalue weighted by atomic mass is 10.2. The number of thiazole rings is 1. The molecule has 0 saturated carbocycles. The molecule has 0 aliphatic carbocycles. The number of urea groups is 1. The van der Waals surface area contributed by atoms with Crippen LogP contribution in [-0.4, -0.2) is 25.2 Å². The van der Waals surface area contributed by atoms with Crippen molar-refractivity contribution in [3.63, 3.8) is 0 Å². The highest BCUT2D eigenvalue weighted by Crippen LogP contribution is 2.30. The van der Waals surface area contributed by atoms with Crippen LogP contribution in [0.2, 0.25) is 0 Å². The number of nitrogens with zero attached hydrogens (tertiary/aromatic N) is 1. The number of hydrogen-bond donors (Lipinski definition) is 2. The number of carbonyl (C=O) groups excluding carboxylic acids is 1. The molecule has 0 saturated heterocycles. The van der Waals surface area contributed by atoms with Crippen LogP contribution in [0.15, 0.2) is 36.4 Å². The first kappa shape index (κ1) is 16.1. The Balaban J connectivity index is 1.76. The molecule has 24 heavy (non-hydrogen) atoms. The number of ether oxygens (including phenoxy) is 2. The number of carbonyl (C=O) groups is 1. The molecule has 0 radical (unpaired) electrons. The Morgan fingerprint density at radius 3 is 2.67 bits per heavy atom. The van der Waals surface area contributed by atoms with E-state index in [2.05, 4.69) is 15.6 Å². The van der Waals surface area contributed by atoms with E-state index in [1.54, 1.807) is 14.2 Å². The maximum atomic E-state index is 12.2. The standard InChI is InChI=1S/C17H17N3O3S/c1-10-4-7-14(23-3)13(8-10)18-16(21)20-17-19-12-6-5-11(22-2)9-15(12)24-17/h4-9H,1-3H3,(H2,18,19,20,21). The zero-order valence-electron chi connectivity index (χ0n) is 13.5. The summed E-state index contributed by atoms with van der Waals surface area (Å²) in [7, 11) is 3.18. The van der Waals surface area contributed by atoms with Crippen molar-refractivity contribution in [2.75, 3.05) is 24.9 Å². The third-order valence-electron chi connectivity index (χ3n) is 3.42. The number of aryl methyl sites for hydroxylation is 1. The van der Waals surface area contributed by atoms with Gasteiger partial charge in [-0.15, -0.1) is 0 Å². The normalized spacial score (nSPS) is 10.5. The fourth-order valence-corrected chi connectivity index (χ4v) is 3.14. The van der Waals surface area contributed by atoms with E-state index < -0.39 is 0 Å². The maximum Gasteiger partial charge on any atom is 0.325 e. The van der Waals surface area contributed by atoms with Gasteiger partial charge in [0.2, 0.25) is 0 Å². The van der Waals surface area contributed by atoms with E-state index in [0.29, 0.717) is 16.6 Å². The fourth-order valence-electron chi connectivity index (χ4n) is 2.26. The second-order valence-electron chi connectivity index (χ2n) is 5.14. The minimum absolute atomic E-state index is 0.370. The molecule has 3 rings (SSSR count). The van der Waals surface area contributed by atoms with E-state index >= 15 is 0 Å². The number of anilines is 2. The van der Waals surface area contributed by atoms with E-state index in [9.17, 15) is 4.79 Å². The lowest BCUT2D eigenvalue weighted by Crippen LogP contribution is -2.19. The number of nitrogens with one attached hydrogen (secondary N) is 2. The molecule has 3 aromatic rings. The minimum Gasteiger partial charge on any atom is -0.497 e. The van der Waals surface area contributed by atoms with Crippen molar-refractivity contribution in [2.45, 2.75) is 6.92 Å². The summed E-state index contributed by atoms with van der Waals surface area (Å²) >= 11 is 1.38. The van der Waals surface area contributed by atoms with Crippen LogP contribution < -0.4 is 20.1 Å². The van der Waals surface area contributed by atoms with Crippen LogP contribution in [0.3, 0.4) is 0 Å². The number of hydrogen-bond acceptors (Lipinski definition) is 5. The summed E-state index contributed by atoms with van der Waals surface area (Å²) in [5, 5.41) is 6.05. The number of aromatic nitrogens is 1. The van der Waals surface area contributed by atoms with Gasteiger partial charge in [0.25, 0.3) is 0 Å². The first-order chi connectivity index (χ1) is 11.6. The molecule has 0 bridgehead atoms. The van der Waals surface area contributed by atoms with Crippen molar-refractivity contribution in [1.29, 1.82) is 0 Å². The average Bonchev–Trinajstić information content (AvgIpc) is 2.95. The van der Waals surface area contributed by atoms with E-state index in [1.807, 2.05) is 43.3 Å². The predicted octanol–water partition coefficient (Wildman–Crippen LogP) is 4.27. The van der Waals surface area contributed by atoms with Gasteiger partial charge in [-0.1, -0.05) is 17.4 Å². The van der Waals surface area contributed by atoms with Crippen molar-refractivity contribution < 1.29 is 14.3 Å². The molecule has 7 heteroatoms. The molecule has 1 aromatic heterocycles. The molecule has 124 valence electrons. The average molecular weight is 343 g/mol. The third-order valence-corrected chi connectivity index (χ3v) is 4.35. The Bertz CT molecular complexity index is 892.